The highest BCUT2D eigenvalue weighted by Gasteiger charge is 2.30. The maximum Gasteiger partial charge on any atom is 0.165 e. The van der Waals surface area contributed by atoms with Crippen molar-refractivity contribution in [2.45, 2.75) is 37.8 Å². The number of likely N-dealkylation sites (tertiary alicyclic amines) is 1. The molecule has 2 aliphatic rings. The fourth-order valence-corrected chi connectivity index (χ4v) is 3.09. The van der Waals surface area contributed by atoms with E-state index in [0.29, 0.717) is 12.0 Å². The minimum Gasteiger partial charge on any atom is -0.295 e. The van der Waals surface area contributed by atoms with Gasteiger partial charge < -0.3 is 0 Å². The number of nitrogens with zero attached hydrogens (tertiary/aromatic N) is 5. The second-order valence-electron chi connectivity index (χ2n) is 5.90. The molecular weight excluding hydrogens is 250 g/mol. The molecule has 2 fully saturated rings. The number of hydrogen-bond donors (Lipinski definition) is 0. The molecule has 1 atom stereocenters. The largest absolute Gasteiger partial charge is 0.295 e. The Bertz CT molecular complexity index is 575. The van der Waals surface area contributed by atoms with Crippen LogP contribution >= 0.6 is 0 Å². The molecule has 4 rings (SSSR count). The van der Waals surface area contributed by atoms with Crippen molar-refractivity contribution in [2.75, 3.05) is 13.1 Å². The molecule has 0 spiro atoms. The van der Waals surface area contributed by atoms with Crippen molar-refractivity contribution < 1.29 is 0 Å². The number of rotatable bonds is 4. The van der Waals surface area contributed by atoms with Crippen molar-refractivity contribution in [1.82, 2.24) is 25.1 Å². The van der Waals surface area contributed by atoms with Crippen LogP contribution in [0.15, 0.2) is 30.3 Å². The fraction of sp³-hybridized carbons (Fsp3) is 0.533. The molecule has 104 valence electrons. The predicted molar refractivity (Wildman–Crippen MR) is 75.2 cm³/mol. The SMILES string of the molecule is c1ccc(C2CCN(Cc3nnnn3C3CC3)C2)cc1. The Labute approximate surface area is 118 Å². The van der Waals surface area contributed by atoms with Gasteiger partial charge in [0.05, 0.1) is 12.6 Å². The van der Waals surface area contributed by atoms with Gasteiger partial charge in [-0.3, -0.25) is 4.90 Å². The van der Waals surface area contributed by atoms with Gasteiger partial charge in [0.25, 0.3) is 0 Å². The number of tetrazole rings is 1. The first-order valence-electron chi connectivity index (χ1n) is 7.44. The Hall–Kier alpha value is -1.75. The van der Waals surface area contributed by atoms with Crippen molar-refractivity contribution in [3.63, 3.8) is 0 Å². The van der Waals surface area contributed by atoms with Crippen molar-refractivity contribution in [3.05, 3.63) is 41.7 Å². The molecule has 0 radical (unpaired) electrons. The molecule has 5 nitrogen and oxygen atoms in total. The lowest BCUT2D eigenvalue weighted by molar-refractivity contribution is 0.309. The van der Waals surface area contributed by atoms with Gasteiger partial charge in [0.1, 0.15) is 0 Å². The fourth-order valence-electron chi connectivity index (χ4n) is 3.09. The van der Waals surface area contributed by atoms with Crippen molar-refractivity contribution >= 4 is 0 Å². The zero-order valence-corrected chi connectivity index (χ0v) is 11.5. The van der Waals surface area contributed by atoms with Gasteiger partial charge >= 0.3 is 0 Å². The van der Waals surface area contributed by atoms with Crippen LogP contribution in [0.25, 0.3) is 0 Å². The minimum absolute atomic E-state index is 0.563. The first kappa shape index (κ1) is 12.0. The van der Waals surface area contributed by atoms with E-state index in [4.69, 9.17) is 0 Å². The smallest absolute Gasteiger partial charge is 0.165 e. The van der Waals surface area contributed by atoms with E-state index in [2.05, 4.69) is 50.8 Å². The van der Waals surface area contributed by atoms with Crippen LogP contribution in [0.1, 0.15) is 42.6 Å². The lowest BCUT2D eigenvalue weighted by atomic mass is 9.99. The van der Waals surface area contributed by atoms with Crippen LogP contribution < -0.4 is 0 Å². The number of aromatic nitrogens is 4. The lowest BCUT2D eigenvalue weighted by Crippen LogP contribution is -2.22. The molecule has 1 unspecified atom stereocenters. The molecule has 20 heavy (non-hydrogen) atoms. The third-order valence-electron chi connectivity index (χ3n) is 4.36. The normalized spacial score (nSPS) is 23.3. The third kappa shape index (κ3) is 2.33. The van der Waals surface area contributed by atoms with E-state index in [1.807, 2.05) is 4.68 Å². The molecule has 2 aromatic rings. The van der Waals surface area contributed by atoms with Crippen LogP contribution in [0, 0.1) is 0 Å². The summed E-state index contributed by atoms with van der Waals surface area (Å²) in [6.07, 6.45) is 3.68. The minimum atomic E-state index is 0.563. The highest BCUT2D eigenvalue weighted by Crippen LogP contribution is 2.35. The average molecular weight is 269 g/mol. The Kier molecular flexibility index (Phi) is 2.99. The molecule has 2 heterocycles. The van der Waals surface area contributed by atoms with E-state index in [0.717, 1.165) is 25.5 Å². The molecule has 0 amide bonds. The highest BCUT2D eigenvalue weighted by atomic mass is 15.6. The summed E-state index contributed by atoms with van der Waals surface area (Å²) in [7, 11) is 0. The predicted octanol–water partition coefficient (Wildman–Crippen LogP) is 2.00. The summed E-state index contributed by atoms with van der Waals surface area (Å²) in [5, 5.41) is 12.2. The molecule has 0 bridgehead atoms. The first-order chi connectivity index (χ1) is 9.90. The summed E-state index contributed by atoms with van der Waals surface area (Å²) in [5.74, 6) is 1.68. The van der Waals surface area contributed by atoms with E-state index < -0.39 is 0 Å². The Morgan fingerprint density at radius 3 is 2.75 bits per heavy atom. The maximum atomic E-state index is 4.20. The molecule has 1 aliphatic heterocycles. The van der Waals surface area contributed by atoms with Gasteiger partial charge in [0, 0.05) is 6.54 Å². The van der Waals surface area contributed by atoms with E-state index >= 15 is 0 Å². The summed E-state index contributed by atoms with van der Waals surface area (Å²) < 4.78 is 2.02. The molecular formula is C15H19N5. The summed E-state index contributed by atoms with van der Waals surface area (Å²) in [4.78, 5) is 2.47. The Balaban J connectivity index is 1.42. The second kappa shape index (κ2) is 4.98. The van der Waals surface area contributed by atoms with Crippen LogP contribution in [0.4, 0.5) is 0 Å². The van der Waals surface area contributed by atoms with E-state index in [1.165, 1.54) is 24.8 Å². The van der Waals surface area contributed by atoms with Gasteiger partial charge in [0.15, 0.2) is 5.82 Å². The van der Waals surface area contributed by atoms with Crippen LogP contribution in [0.2, 0.25) is 0 Å². The molecule has 0 N–H and O–H groups in total. The van der Waals surface area contributed by atoms with Crippen LogP contribution in [-0.4, -0.2) is 38.2 Å². The van der Waals surface area contributed by atoms with Crippen molar-refractivity contribution in [3.8, 4) is 0 Å². The van der Waals surface area contributed by atoms with Gasteiger partial charge in [-0.05, 0) is 47.7 Å². The van der Waals surface area contributed by atoms with Crippen molar-refractivity contribution in [2.24, 2.45) is 0 Å². The van der Waals surface area contributed by atoms with Gasteiger partial charge in [0.2, 0.25) is 0 Å². The van der Waals surface area contributed by atoms with Crippen LogP contribution in [0.5, 0.6) is 0 Å². The number of hydrogen-bond acceptors (Lipinski definition) is 4. The van der Waals surface area contributed by atoms with Gasteiger partial charge in [-0.2, -0.15) is 0 Å². The molecule has 1 aliphatic carbocycles. The summed E-state index contributed by atoms with van der Waals surface area (Å²) in [6.45, 7) is 3.13. The average Bonchev–Trinajstić information content (AvgIpc) is 3.05. The van der Waals surface area contributed by atoms with Crippen LogP contribution in [0.3, 0.4) is 0 Å². The summed E-state index contributed by atoms with van der Waals surface area (Å²) >= 11 is 0. The van der Waals surface area contributed by atoms with Gasteiger partial charge in [-0.25, -0.2) is 4.68 Å². The Morgan fingerprint density at radius 1 is 1.10 bits per heavy atom. The topological polar surface area (TPSA) is 46.8 Å². The molecule has 5 heteroatoms. The Morgan fingerprint density at radius 2 is 1.95 bits per heavy atom. The monoisotopic (exact) mass is 269 g/mol. The molecule has 1 saturated carbocycles. The highest BCUT2D eigenvalue weighted by molar-refractivity contribution is 5.21. The zero-order chi connectivity index (χ0) is 13.4. The zero-order valence-electron chi connectivity index (χ0n) is 11.5. The van der Waals surface area contributed by atoms with Crippen molar-refractivity contribution in [1.29, 1.82) is 0 Å². The standard InChI is InChI=1S/C15H19N5/c1-2-4-12(5-3-1)13-8-9-19(10-13)11-15-16-17-18-20(15)14-6-7-14/h1-5,13-14H,6-11H2. The molecule has 1 aromatic heterocycles. The summed E-state index contributed by atoms with van der Waals surface area (Å²) in [6, 6.07) is 11.4. The van der Waals surface area contributed by atoms with E-state index in [1.54, 1.807) is 0 Å². The summed E-state index contributed by atoms with van der Waals surface area (Å²) in [5.41, 5.74) is 1.46. The van der Waals surface area contributed by atoms with Gasteiger partial charge in [-0.1, -0.05) is 30.3 Å². The molecule has 1 aromatic carbocycles. The van der Waals surface area contributed by atoms with Crippen LogP contribution in [-0.2, 0) is 6.54 Å². The van der Waals surface area contributed by atoms with Gasteiger partial charge in [-0.15, -0.1) is 5.10 Å². The maximum absolute atomic E-state index is 4.20. The second-order valence-corrected chi connectivity index (χ2v) is 5.90. The lowest BCUT2D eigenvalue weighted by Gasteiger charge is -2.15. The number of benzene rings is 1. The first-order valence-corrected chi connectivity index (χ1v) is 7.44. The molecule has 1 saturated heterocycles. The van der Waals surface area contributed by atoms with E-state index in [-0.39, 0.29) is 0 Å². The van der Waals surface area contributed by atoms with E-state index in [9.17, 15) is 0 Å². The third-order valence-corrected chi connectivity index (χ3v) is 4.36. The quantitative estimate of drug-likeness (QED) is 0.851.